The number of fused-ring (bicyclic) bond motifs is 3. The van der Waals surface area contributed by atoms with E-state index in [0.717, 1.165) is 24.4 Å². The van der Waals surface area contributed by atoms with E-state index in [-0.39, 0.29) is 0 Å². The minimum atomic E-state index is 0.443. The maximum atomic E-state index is 5.54. The van der Waals surface area contributed by atoms with Crippen LogP contribution < -0.4 is 0 Å². The molecule has 0 atom stereocenters. The van der Waals surface area contributed by atoms with Crippen LogP contribution in [0.15, 0.2) is 9.36 Å². The maximum absolute atomic E-state index is 5.54. The molecule has 3 fully saturated rings. The Kier molecular flexibility index (Phi) is 4.90. The van der Waals surface area contributed by atoms with Gasteiger partial charge in [0.25, 0.3) is 0 Å². The van der Waals surface area contributed by atoms with Crippen LogP contribution in [0.2, 0.25) is 0 Å². The highest BCUT2D eigenvalue weighted by Crippen LogP contribution is 2.27. The summed E-state index contributed by atoms with van der Waals surface area (Å²) >= 11 is 3.26. The average molecular weight is 312 g/mol. The average Bonchev–Trinajstić information content (AvgIpc) is 2.94. The van der Waals surface area contributed by atoms with Crippen molar-refractivity contribution in [2.45, 2.75) is 37.0 Å². The van der Waals surface area contributed by atoms with E-state index in [2.05, 4.69) is 26.6 Å². The van der Waals surface area contributed by atoms with Crippen LogP contribution in [-0.2, 0) is 11.4 Å². The number of oxime groups is 1. The molecule has 0 amide bonds. The Labute approximate surface area is 127 Å². The molecular formula is C13H20N4OS2. The predicted octanol–water partition coefficient (Wildman–Crippen LogP) is 2.64. The third kappa shape index (κ3) is 3.32. The highest BCUT2D eigenvalue weighted by Gasteiger charge is 2.31. The van der Waals surface area contributed by atoms with Gasteiger partial charge in [0.15, 0.2) is 6.61 Å². The van der Waals surface area contributed by atoms with Crippen LogP contribution in [-0.4, -0.2) is 45.6 Å². The van der Waals surface area contributed by atoms with E-state index in [0.29, 0.717) is 12.5 Å². The van der Waals surface area contributed by atoms with Crippen LogP contribution in [0.25, 0.3) is 0 Å². The first-order valence-electron chi connectivity index (χ1n) is 7.22. The fourth-order valence-electron chi connectivity index (χ4n) is 2.65. The topological polar surface area (TPSA) is 50.6 Å². The molecule has 20 heavy (non-hydrogen) atoms. The summed E-state index contributed by atoms with van der Waals surface area (Å²) in [5, 5.41) is 8.51. The summed E-state index contributed by atoms with van der Waals surface area (Å²) in [6.07, 6.45) is 3.62. The number of thioether (sulfide) groups is 1. The summed E-state index contributed by atoms with van der Waals surface area (Å²) in [6, 6.07) is 0. The quantitative estimate of drug-likeness (QED) is 0.597. The Hall–Kier alpha value is -0.660. The summed E-state index contributed by atoms with van der Waals surface area (Å²) in [5.41, 5.74) is 2.15. The Bertz CT molecular complexity index is 469. The zero-order valence-electron chi connectivity index (χ0n) is 11.7. The van der Waals surface area contributed by atoms with Gasteiger partial charge in [-0.2, -0.15) is 0 Å². The van der Waals surface area contributed by atoms with E-state index in [1.807, 2.05) is 11.8 Å². The molecule has 0 saturated carbocycles. The van der Waals surface area contributed by atoms with E-state index in [4.69, 9.17) is 4.84 Å². The second kappa shape index (κ2) is 6.87. The Morgan fingerprint density at radius 2 is 2.30 bits per heavy atom. The molecule has 0 radical (unpaired) electrons. The van der Waals surface area contributed by atoms with Gasteiger partial charge in [-0.05, 0) is 49.6 Å². The smallest absolute Gasteiger partial charge is 0.163 e. The van der Waals surface area contributed by atoms with E-state index < -0.39 is 0 Å². The van der Waals surface area contributed by atoms with Crippen molar-refractivity contribution in [1.82, 2.24) is 14.5 Å². The summed E-state index contributed by atoms with van der Waals surface area (Å²) in [7, 11) is 0. The lowest BCUT2D eigenvalue weighted by Crippen LogP contribution is -2.47. The van der Waals surface area contributed by atoms with Crippen LogP contribution in [0.3, 0.4) is 0 Å². The van der Waals surface area contributed by atoms with Crippen molar-refractivity contribution in [2.75, 3.05) is 25.4 Å². The summed E-state index contributed by atoms with van der Waals surface area (Å²) in [5.74, 6) is 1.74. The molecule has 0 spiro atoms. The van der Waals surface area contributed by atoms with Crippen molar-refractivity contribution in [3.8, 4) is 0 Å². The fraction of sp³-hybridized carbons (Fsp3) is 0.769. The molecule has 7 heteroatoms. The first kappa shape index (κ1) is 14.3. The lowest BCUT2D eigenvalue weighted by atomic mass is 9.87. The number of hydrogen-bond acceptors (Lipinski definition) is 7. The number of rotatable bonds is 6. The van der Waals surface area contributed by atoms with Crippen molar-refractivity contribution in [1.29, 1.82) is 0 Å². The first-order valence-corrected chi connectivity index (χ1v) is 8.98. The largest absolute Gasteiger partial charge is 0.389 e. The molecule has 3 saturated heterocycles. The predicted molar refractivity (Wildman–Crippen MR) is 82.3 cm³/mol. The third-order valence-corrected chi connectivity index (χ3v) is 6.04. The van der Waals surface area contributed by atoms with Gasteiger partial charge >= 0.3 is 0 Å². The molecule has 4 rings (SSSR count). The monoisotopic (exact) mass is 312 g/mol. The van der Waals surface area contributed by atoms with Crippen LogP contribution in [0.1, 0.15) is 31.9 Å². The highest BCUT2D eigenvalue weighted by molar-refractivity contribution is 8.01. The standard InChI is InChI=1S/C13H20N4OS2/c1-2-7-19-13-12(14-16-20-13)9-18-15-11-8-17-5-3-10(11)4-6-17/h10H,2-9H2,1H3. The molecule has 3 aliphatic rings. The number of nitrogens with zero attached hydrogens (tertiary/aromatic N) is 4. The molecular weight excluding hydrogens is 292 g/mol. The van der Waals surface area contributed by atoms with Crippen LogP contribution in [0.4, 0.5) is 0 Å². The second-order valence-corrected chi connectivity index (χ2v) is 7.38. The summed E-state index contributed by atoms with van der Waals surface area (Å²) in [6.45, 7) is 6.04. The van der Waals surface area contributed by atoms with Gasteiger partial charge in [0.1, 0.15) is 9.90 Å². The first-order chi connectivity index (χ1) is 9.86. The molecule has 110 valence electrons. The Morgan fingerprint density at radius 3 is 3.00 bits per heavy atom. The summed E-state index contributed by atoms with van der Waals surface area (Å²) in [4.78, 5) is 8.00. The molecule has 5 nitrogen and oxygen atoms in total. The van der Waals surface area contributed by atoms with E-state index >= 15 is 0 Å². The van der Waals surface area contributed by atoms with Crippen molar-refractivity contribution < 1.29 is 4.84 Å². The van der Waals surface area contributed by atoms with Crippen LogP contribution in [0, 0.1) is 5.92 Å². The fourth-order valence-corrected chi connectivity index (χ4v) is 4.29. The molecule has 4 heterocycles. The minimum Gasteiger partial charge on any atom is -0.389 e. The Balaban J connectivity index is 1.53. The Morgan fingerprint density at radius 1 is 1.45 bits per heavy atom. The lowest BCUT2D eigenvalue weighted by Gasteiger charge is -2.39. The van der Waals surface area contributed by atoms with Gasteiger partial charge in [0.05, 0.1) is 5.71 Å². The summed E-state index contributed by atoms with van der Waals surface area (Å²) < 4.78 is 5.18. The van der Waals surface area contributed by atoms with E-state index in [1.54, 1.807) is 0 Å². The van der Waals surface area contributed by atoms with Gasteiger partial charge in [-0.3, -0.25) is 4.90 Å². The molecule has 0 aliphatic carbocycles. The molecule has 1 aromatic rings. The van der Waals surface area contributed by atoms with Crippen LogP contribution >= 0.6 is 23.3 Å². The third-order valence-electron chi connectivity index (χ3n) is 3.79. The molecule has 0 unspecified atom stereocenters. The van der Waals surface area contributed by atoms with Gasteiger partial charge in [-0.15, -0.1) is 16.9 Å². The van der Waals surface area contributed by atoms with Gasteiger partial charge in [-0.1, -0.05) is 16.6 Å². The zero-order chi connectivity index (χ0) is 13.8. The normalized spacial score (nSPS) is 27.1. The minimum absolute atomic E-state index is 0.443. The zero-order valence-corrected chi connectivity index (χ0v) is 13.4. The van der Waals surface area contributed by atoms with Crippen molar-refractivity contribution in [2.24, 2.45) is 11.1 Å². The highest BCUT2D eigenvalue weighted by atomic mass is 32.2. The molecule has 1 aromatic heterocycles. The number of hydrogen-bond donors (Lipinski definition) is 0. The maximum Gasteiger partial charge on any atom is 0.163 e. The van der Waals surface area contributed by atoms with Gasteiger partial charge in [0, 0.05) is 12.5 Å². The molecule has 0 N–H and O–H groups in total. The van der Waals surface area contributed by atoms with Crippen molar-refractivity contribution in [3.63, 3.8) is 0 Å². The SMILES string of the molecule is CCCSc1snnc1CON=C1CN2CCC1CC2. The molecule has 3 aliphatic heterocycles. The van der Waals surface area contributed by atoms with Gasteiger partial charge < -0.3 is 4.84 Å². The number of piperidine rings is 3. The van der Waals surface area contributed by atoms with Crippen molar-refractivity contribution in [3.05, 3.63) is 5.69 Å². The van der Waals surface area contributed by atoms with E-state index in [1.165, 1.54) is 47.4 Å². The second-order valence-electron chi connectivity index (χ2n) is 5.26. The lowest BCUT2D eigenvalue weighted by molar-refractivity contribution is 0.114. The number of aromatic nitrogens is 2. The molecule has 2 bridgehead atoms. The van der Waals surface area contributed by atoms with Gasteiger partial charge in [-0.25, -0.2) is 0 Å². The van der Waals surface area contributed by atoms with Crippen molar-refractivity contribution >= 4 is 29.0 Å². The van der Waals surface area contributed by atoms with Crippen LogP contribution in [0.5, 0.6) is 0 Å². The van der Waals surface area contributed by atoms with E-state index in [9.17, 15) is 0 Å². The molecule has 0 aromatic carbocycles. The van der Waals surface area contributed by atoms with Gasteiger partial charge in [0.2, 0.25) is 0 Å².